The van der Waals surface area contributed by atoms with Gasteiger partial charge in [0.15, 0.2) is 0 Å². The molecule has 1 unspecified atom stereocenters. The van der Waals surface area contributed by atoms with Crippen molar-refractivity contribution in [3.05, 3.63) is 35.6 Å². The molecule has 0 saturated carbocycles. The summed E-state index contributed by atoms with van der Waals surface area (Å²) in [7, 11) is 2.17. The van der Waals surface area contributed by atoms with Gasteiger partial charge in [-0.1, -0.05) is 18.2 Å². The number of nitrogens with one attached hydrogen (secondary N) is 1. The fourth-order valence-corrected chi connectivity index (χ4v) is 2.86. The van der Waals surface area contributed by atoms with E-state index in [9.17, 15) is 4.39 Å². The fourth-order valence-electron chi connectivity index (χ4n) is 2.86. The van der Waals surface area contributed by atoms with Gasteiger partial charge in [-0.25, -0.2) is 4.39 Å². The van der Waals surface area contributed by atoms with Crippen molar-refractivity contribution in [3.63, 3.8) is 0 Å². The van der Waals surface area contributed by atoms with Gasteiger partial charge in [0.2, 0.25) is 0 Å². The van der Waals surface area contributed by atoms with E-state index in [1.165, 1.54) is 6.07 Å². The second kappa shape index (κ2) is 6.86. The minimum atomic E-state index is -0.130. The molecule has 1 aromatic carbocycles. The summed E-state index contributed by atoms with van der Waals surface area (Å²) < 4.78 is 13.8. The molecule has 1 N–H and O–H groups in total. The Bertz CT molecular complexity index is 453. The van der Waals surface area contributed by atoms with Crippen molar-refractivity contribution in [1.82, 2.24) is 15.1 Å². The number of hydrogen-bond donors (Lipinski definition) is 1. The van der Waals surface area contributed by atoms with Crippen molar-refractivity contribution in [2.75, 3.05) is 39.8 Å². The Labute approximate surface area is 128 Å². The first kappa shape index (κ1) is 16.4. The number of rotatable bonds is 5. The zero-order valence-corrected chi connectivity index (χ0v) is 13.7. The monoisotopic (exact) mass is 293 g/mol. The normalized spacial score (nSPS) is 19.7. The standard InChI is InChI=1S/C17H28FN3/c1-14(15-7-5-6-8-16(15)18)19-13-17(2,3)21-11-9-20(4)10-12-21/h5-8,14,19H,9-13H2,1-4H3. The number of nitrogens with zero attached hydrogens (tertiary/aromatic N) is 2. The Morgan fingerprint density at radius 2 is 1.81 bits per heavy atom. The lowest BCUT2D eigenvalue weighted by Crippen LogP contribution is -2.57. The van der Waals surface area contributed by atoms with Crippen LogP contribution in [0.1, 0.15) is 32.4 Å². The van der Waals surface area contributed by atoms with Crippen molar-refractivity contribution in [1.29, 1.82) is 0 Å². The zero-order valence-electron chi connectivity index (χ0n) is 13.7. The van der Waals surface area contributed by atoms with Crippen LogP contribution in [-0.4, -0.2) is 55.1 Å². The molecule has 1 fully saturated rings. The smallest absolute Gasteiger partial charge is 0.127 e. The van der Waals surface area contributed by atoms with Crippen LogP contribution in [0.4, 0.5) is 4.39 Å². The van der Waals surface area contributed by atoms with E-state index in [1.807, 2.05) is 19.1 Å². The van der Waals surface area contributed by atoms with E-state index in [4.69, 9.17) is 0 Å². The van der Waals surface area contributed by atoms with Crippen molar-refractivity contribution in [2.45, 2.75) is 32.4 Å². The van der Waals surface area contributed by atoms with Crippen LogP contribution < -0.4 is 5.32 Å². The van der Waals surface area contributed by atoms with Crippen LogP contribution in [-0.2, 0) is 0 Å². The average molecular weight is 293 g/mol. The van der Waals surface area contributed by atoms with Gasteiger partial charge in [-0.3, -0.25) is 4.90 Å². The molecule has 1 aliphatic rings. The maximum absolute atomic E-state index is 13.8. The molecule has 118 valence electrons. The fraction of sp³-hybridized carbons (Fsp3) is 0.647. The molecule has 1 atom stereocenters. The summed E-state index contributed by atoms with van der Waals surface area (Å²) in [6.45, 7) is 11.8. The van der Waals surface area contributed by atoms with Crippen LogP contribution in [0.2, 0.25) is 0 Å². The minimum Gasteiger partial charge on any atom is -0.308 e. The summed E-state index contributed by atoms with van der Waals surface area (Å²) >= 11 is 0. The summed E-state index contributed by atoms with van der Waals surface area (Å²) in [5.74, 6) is -0.130. The van der Waals surface area contributed by atoms with Crippen LogP contribution in [0.5, 0.6) is 0 Å². The molecule has 4 heteroatoms. The predicted octanol–water partition coefficient (Wildman–Crippen LogP) is 2.50. The molecule has 3 nitrogen and oxygen atoms in total. The first-order valence-electron chi connectivity index (χ1n) is 7.81. The highest BCUT2D eigenvalue weighted by Crippen LogP contribution is 2.20. The topological polar surface area (TPSA) is 18.5 Å². The molecule has 0 aliphatic carbocycles. The summed E-state index contributed by atoms with van der Waals surface area (Å²) in [5.41, 5.74) is 0.826. The minimum absolute atomic E-state index is 0.0259. The molecule has 0 spiro atoms. The van der Waals surface area contributed by atoms with Gasteiger partial charge in [-0.15, -0.1) is 0 Å². The van der Waals surface area contributed by atoms with Crippen molar-refractivity contribution in [2.24, 2.45) is 0 Å². The second-order valence-corrected chi connectivity index (χ2v) is 6.73. The summed E-state index contributed by atoms with van der Waals surface area (Å²) in [6.07, 6.45) is 0. The third kappa shape index (κ3) is 4.25. The summed E-state index contributed by atoms with van der Waals surface area (Å²) in [4.78, 5) is 4.88. The third-order valence-corrected chi connectivity index (χ3v) is 4.57. The third-order valence-electron chi connectivity index (χ3n) is 4.57. The number of hydrogen-bond acceptors (Lipinski definition) is 3. The molecule has 2 rings (SSSR count). The van der Waals surface area contributed by atoms with E-state index in [-0.39, 0.29) is 17.4 Å². The number of halogens is 1. The summed E-state index contributed by atoms with van der Waals surface area (Å²) in [6, 6.07) is 7.04. The SMILES string of the molecule is CC(NCC(C)(C)N1CCN(C)CC1)c1ccccc1F. The van der Waals surface area contributed by atoms with E-state index >= 15 is 0 Å². The van der Waals surface area contributed by atoms with Crippen molar-refractivity contribution >= 4 is 0 Å². The van der Waals surface area contributed by atoms with E-state index in [2.05, 4.69) is 36.0 Å². The van der Waals surface area contributed by atoms with E-state index in [1.54, 1.807) is 6.07 Å². The molecule has 0 bridgehead atoms. The molecule has 21 heavy (non-hydrogen) atoms. The molecular formula is C17H28FN3. The average Bonchev–Trinajstić information content (AvgIpc) is 2.46. The van der Waals surface area contributed by atoms with Gasteiger partial charge < -0.3 is 10.2 Å². The van der Waals surface area contributed by atoms with Crippen molar-refractivity contribution < 1.29 is 4.39 Å². The molecule has 1 heterocycles. The van der Waals surface area contributed by atoms with E-state index in [0.717, 1.165) is 38.3 Å². The molecular weight excluding hydrogens is 265 g/mol. The van der Waals surface area contributed by atoms with E-state index in [0.29, 0.717) is 0 Å². The Balaban J connectivity index is 1.90. The second-order valence-electron chi connectivity index (χ2n) is 6.73. The highest BCUT2D eigenvalue weighted by atomic mass is 19.1. The Hall–Kier alpha value is -0.970. The van der Waals surface area contributed by atoms with Gasteiger partial charge in [0.1, 0.15) is 5.82 Å². The van der Waals surface area contributed by atoms with E-state index < -0.39 is 0 Å². The van der Waals surface area contributed by atoms with Crippen LogP contribution in [0, 0.1) is 5.82 Å². The van der Waals surface area contributed by atoms with Gasteiger partial charge >= 0.3 is 0 Å². The Morgan fingerprint density at radius 3 is 2.43 bits per heavy atom. The maximum Gasteiger partial charge on any atom is 0.127 e. The maximum atomic E-state index is 13.8. The molecule has 0 aromatic heterocycles. The van der Waals surface area contributed by atoms with Crippen LogP contribution in [0.3, 0.4) is 0 Å². The van der Waals surface area contributed by atoms with Crippen LogP contribution >= 0.6 is 0 Å². The number of piperazine rings is 1. The highest BCUT2D eigenvalue weighted by molar-refractivity contribution is 5.20. The lowest BCUT2D eigenvalue weighted by Gasteiger charge is -2.43. The zero-order chi connectivity index (χ0) is 15.5. The van der Waals surface area contributed by atoms with Gasteiger partial charge in [0, 0.05) is 49.9 Å². The highest BCUT2D eigenvalue weighted by Gasteiger charge is 2.29. The molecule has 1 aromatic rings. The predicted molar refractivity (Wildman–Crippen MR) is 86.0 cm³/mol. The summed E-state index contributed by atoms with van der Waals surface area (Å²) in [5, 5.41) is 3.49. The molecule has 1 aliphatic heterocycles. The van der Waals surface area contributed by atoms with Gasteiger partial charge in [-0.2, -0.15) is 0 Å². The first-order valence-corrected chi connectivity index (χ1v) is 7.81. The number of benzene rings is 1. The largest absolute Gasteiger partial charge is 0.308 e. The van der Waals surface area contributed by atoms with Gasteiger partial charge in [-0.05, 0) is 33.9 Å². The Kier molecular flexibility index (Phi) is 5.36. The number of likely N-dealkylation sites (N-methyl/N-ethyl adjacent to an activating group) is 1. The van der Waals surface area contributed by atoms with Gasteiger partial charge in [0.05, 0.1) is 0 Å². The first-order chi connectivity index (χ1) is 9.90. The van der Waals surface area contributed by atoms with Crippen LogP contribution in [0.25, 0.3) is 0 Å². The molecule has 0 radical (unpaired) electrons. The molecule has 0 amide bonds. The lowest BCUT2D eigenvalue weighted by molar-refractivity contribution is 0.0604. The van der Waals surface area contributed by atoms with Crippen molar-refractivity contribution in [3.8, 4) is 0 Å². The van der Waals surface area contributed by atoms with Gasteiger partial charge in [0.25, 0.3) is 0 Å². The Morgan fingerprint density at radius 1 is 1.19 bits per heavy atom. The molecule has 1 saturated heterocycles. The lowest BCUT2D eigenvalue weighted by atomic mass is 10.00. The van der Waals surface area contributed by atoms with Crippen LogP contribution in [0.15, 0.2) is 24.3 Å². The quantitative estimate of drug-likeness (QED) is 0.900.